The molecule has 0 aliphatic rings. The summed E-state index contributed by atoms with van der Waals surface area (Å²) in [5.41, 5.74) is -0.0699. The van der Waals surface area contributed by atoms with Crippen LogP contribution in [0.25, 0.3) is 0 Å². The molecule has 0 heterocycles. The van der Waals surface area contributed by atoms with Crippen LogP contribution < -0.4 is 5.32 Å². The molecular weight excluding hydrogens is 240 g/mol. The SMILES string of the molecule is CC(CCl)NC(=O)c1cccc(Cl)c1F. The summed E-state index contributed by atoms with van der Waals surface area (Å²) in [6, 6.07) is 4.07. The Morgan fingerprint density at radius 2 is 2.27 bits per heavy atom. The number of alkyl halides is 1. The van der Waals surface area contributed by atoms with Crippen LogP contribution in [-0.2, 0) is 0 Å². The van der Waals surface area contributed by atoms with Crippen LogP contribution in [0.3, 0.4) is 0 Å². The number of hydrogen-bond acceptors (Lipinski definition) is 1. The van der Waals surface area contributed by atoms with E-state index < -0.39 is 11.7 Å². The van der Waals surface area contributed by atoms with Gasteiger partial charge in [-0.2, -0.15) is 0 Å². The van der Waals surface area contributed by atoms with Gasteiger partial charge in [0.25, 0.3) is 5.91 Å². The molecule has 15 heavy (non-hydrogen) atoms. The number of nitrogens with one attached hydrogen (secondary N) is 1. The van der Waals surface area contributed by atoms with E-state index in [1.54, 1.807) is 6.92 Å². The van der Waals surface area contributed by atoms with Crippen LogP contribution in [0.2, 0.25) is 5.02 Å². The molecule has 1 unspecified atom stereocenters. The molecule has 0 saturated heterocycles. The van der Waals surface area contributed by atoms with Gasteiger partial charge in [0.15, 0.2) is 5.82 Å². The average Bonchev–Trinajstić information content (AvgIpc) is 2.21. The van der Waals surface area contributed by atoms with Crippen LogP contribution in [0.4, 0.5) is 4.39 Å². The topological polar surface area (TPSA) is 29.1 Å². The van der Waals surface area contributed by atoms with Crippen LogP contribution in [0, 0.1) is 5.82 Å². The maximum atomic E-state index is 13.4. The van der Waals surface area contributed by atoms with Crippen molar-refractivity contribution in [3.63, 3.8) is 0 Å². The second kappa shape index (κ2) is 5.33. The van der Waals surface area contributed by atoms with E-state index in [4.69, 9.17) is 23.2 Å². The van der Waals surface area contributed by atoms with Crippen LogP contribution in [0.1, 0.15) is 17.3 Å². The van der Waals surface area contributed by atoms with E-state index in [0.29, 0.717) is 0 Å². The Kier molecular flexibility index (Phi) is 4.36. The van der Waals surface area contributed by atoms with Crippen molar-refractivity contribution in [2.45, 2.75) is 13.0 Å². The molecule has 1 N–H and O–H groups in total. The number of hydrogen-bond donors (Lipinski definition) is 1. The first-order valence-corrected chi connectivity index (χ1v) is 5.28. The summed E-state index contributed by atoms with van der Waals surface area (Å²) >= 11 is 11.1. The second-order valence-electron chi connectivity index (χ2n) is 3.13. The van der Waals surface area contributed by atoms with Crippen molar-refractivity contribution in [1.82, 2.24) is 5.32 Å². The van der Waals surface area contributed by atoms with Gasteiger partial charge < -0.3 is 5.32 Å². The van der Waals surface area contributed by atoms with Gasteiger partial charge in [-0.3, -0.25) is 4.79 Å². The number of benzene rings is 1. The lowest BCUT2D eigenvalue weighted by atomic mass is 10.2. The van der Waals surface area contributed by atoms with Crippen LogP contribution in [0.15, 0.2) is 18.2 Å². The summed E-state index contributed by atoms with van der Waals surface area (Å²) in [6.07, 6.45) is 0. The Balaban J connectivity index is 2.87. The summed E-state index contributed by atoms with van der Waals surface area (Å²) in [7, 11) is 0. The molecule has 1 aromatic carbocycles. The van der Waals surface area contributed by atoms with Gasteiger partial charge in [-0.15, -0.1) is 11.6 Å². The fourth-order valence-corrected chi connectivity index (χ4v) is 1.27. The second-order valence-corrected chi connectivity index (χ2v) is 3.85. The fourth-order valence-electron chi connectivity index (χ4n) is 1.02. The van der Waals surface area contributed by atoms with Crippen molar-refractivity contribution >= 4 is 29.1 Å². The van der Waals surface area contributed by atoms with Crippen LogP contribution >= 0.6 is 23.2 Å². The third kappa shape index (κ3) is 3.08. The Morgan fingerprint density at radius 3 is 2.87 bits per heavy atom. The average molecular weight is 250 g/mol. The zero-order chi connectivity index (χ0) is 11.4. The quantitative estimate of drug-likeness (QED) is 0.821. The maximum Gasteiger partial charge on any atom is 0.254 e. The molecule has 0 aromatic heterocycles. The van der Waals surface area contributed by atoms with Gasteiger partial charge in [-0.25, -0.2) is 4.39 Å². The summed E-state index contributed by atoms with van der Waals surface area (Å²) < 4.78 is 13.4. The monoisotopic (exact) mass is 249 g/mol. The smallest absolute Gasteiger partial charge is 0.254 e. The predicted molar refractivity (Wildman–Crippen MR) is 59.1 cm³/mol. The molecule has 1 atom stereocenters. The zero-order valence-electron chi connectivity index (χ0n) is 8.06. The lowest BCUT2D eigenvalue weighted by Gasteiger charge is -2.11. The third-order valence-electron chi connectivity index (χ3n) is 1.81. The lowest BCUT2D eigenvalue weighted by Crippen LogP contribution is -2.34. The predicted octanol–water partition coefficient (Wildman–Crippen LogP) is 2.84. The van der Waals surface area contributed by atoms with E-state index in [9.17, 15) is 9.18 Å². The summed E-state index contributed by atoms with van der Waals surface area (Å²) in [5.74, 6) is -0.949. The first-order chi connectivity index (χ1) is 7.06. The standard InChI is InChI=1S/C10H10Cl2FNO/c1-6(5-11)14-10(15)7-3-2-4-8(12)9(7)13/h2-4,6H,5H2,1H3,(H,14,15). The van der Waals surface area contributed by atoms with E-state index in [0.717, 1.165) is 0 Å². The summed E-state index contributed by atoms with van der Waals surface area (Å²) in [4.78, 5) is 11.5. The van der Waals surface area contributed by atoms with E-state index in [1.807, 2.05) is 0 Å². The molecule has 0 spiro atoms. The van der Waals surface area contributed by atoms with Crippen LogP contribution in [-0.4, -0.2) is 17.8 Å². The molecular formula is C10H10Cl2FNO. The molecule has 0 aliphatic heterocycles. The van der Waals surface area contributed by atoms with Crippen LogP contribution in [0.5, 0.6) is 0 Å². The molecule has 1 rings (SSSR count). The van der Waals surface area contributed by atoms with Gasteiger partial charge in [0, 0.05) is 11.9 Å². The summed E-state index contributed by atoms with van der Waals surface area (Å²) in [6.45, 7) is 1.73. The molecule has 0 fully saturated rings. The number of carbonyl (C=O) groups is 1. The highest BCUT2D eigenvalue weighted by Gasteiger charge is 2.15. The Morgan fingerprint density at radius 1 is 1.60 bits per heavy atom. The van der Waals surface area contributed by atoms with Gasteiger partial charge >= 0.3 is 0 Å². The number of halogens is 3. The summed E-state index contributed by atoms with van der Waals surface area (Å²) in [5, 5.41) is 2.48. The highest BCUT2D eigenvalue weighted by atomic mass is 35.5. The number of amides is 1. The minimum atomic E-state index is -0.710. The number of carbonyl (C=O) groups excluding carboxylic acids is 1. The molecule has 5 heteroatoms. The number of rotatable bonds is 3. The van der Waals surface area contributed by atoms with E-state index >= 15 is 0 Å². The van der Waals surface area contributed by atoms with Gasteiger partial charge in [0.1, 0.15) is 0 Å². The lowest BCUT2D eigenvalue weighted by molar-refractivity contribution is 0.0939. The fraction of sp³-hybridized carbons (Fsp3) is 0.300. The van der Waals surface area contributed by atoms with Gasteiger partial charge in [-0.05, 0) is 19.1 Å². The maximum absolute atomic E-state index is 13.4. The van der Waals surface area contributed by atoms with Crippen molar-refractivity contribution in [3.8, 4) is 0 Å². The Hall–Kier alpha value is -0.800. The van der Waals surface area contributed by atoms with Gasteiger partial charge in [0.05, 0.1) is 10.6 Å². The van der Waals surface area contributed by atoms with Crippen molar-refractivity contribution in [3.05, 3.63) is 34.6 Å². The molecule has 82 valence electrons. The normalized spacial score (nSPS) is 12.3. The Labute approximate surface area is 97.4 Å². The van der Waals surface area contributed by atoms with E-state index in [-0.39, 0.29) is 22.5 Å². The first-order valence-electron chi connectivity index (χ1n) is 4.37. The Bertz CT molecular complexity index is 370. The van der Waals surface area contributed by atoms with Gasteiger partial charge in [0.2, 0.25) is 0 Å². The van der Waals surface area contributed by atoms with Crippen molar-refractivity contribution in [2.75, 3.05) is 5.88 Å². The zero-order valence-corrected chi connectivity index (χ0v) is 9.57. The third-order valence-corrected chi connectivity index (χ3v) is 2.56. The molecule has 1 aromatic rings. The molecule has 0 saturated carbocycles. The molecule has 0 aliphatic carbocycles. The van der Waals surface area contributed by atoms with Crippen molar-refractivity contribution in [1.29, 1.82) is 0 Å². The highest BCUT2D eigenvalue weighted by Crippen LogP contribution is 2.17. The highest BCUT2D eigenvalue weighted by molar-refractivity contribution is 6.31. The van der Waals surface area contributed by atoms with E-state index in [2.05, 4.69) is 5.32 Å². The molecule has 0 radical (unpaired) electrons. The molecule has 0 bridgehead atoms. The first kappa shape index (κ1) is 12.3. The molecule has 1 amide bonds. The van der Waals surface area contributed by atoms with E-state index in [1.165, 1.54) is 18.2 Å². The molecule has 2 nitrogen and oxygen atoms in total. The minimum Gasteiger partial charge on any atom is -0.348 e. The van der Waals surface area contributed by atoms with Crippen molar-refractivity contribution in [2.24, 2.45) is 0 Å². The van der Waals surface area contributed by atoms with Gasteiger partial charge in [-0.1, -0.05) is 17.7 Å². The van der Waals surface area contributed by atoms with Crippen molar-refractivity contribution < 1.29 is 9.18 Å². The minimum absolute atomic E-state index is 0.0684. The largest absolute Gasteiger partial charge is 0.348 e.